The first kappa shape index (κ1) is 21.9. The largest absolute Gasteiger partial charge is 0.461 e. The second kappa shape index (κ2) is 10.8. The Morgan fingerprint density at radius 2 is 1.50 bits per heavy atom. The average Bonchev–Trinajstić information content (AvgIpc) is 2.65. The van der Waals surface area contributed by atoms with Crippen LogP contribution in [0.1, 0.15) is 57.2 Å². The van der Waals surface area contributed by atoms with Crippen LogP contribution in [0.3, 0.4) is 0 Å². The molecule has 0 saturated heterocycles. The van der Waals surface area contributed by atoms with Crippen LogP contribution in [0.5, 0.6) is 0 Å². The molecule has 2 atom stereocenters. The summed E-state index contributed by atoms with van der Waals surface area (Å²) in [7, 11) is 0. The van der Waals surface area contributed by atoms with Crippen LogP contribution >= 0.6 is 0 Å². The summed E-state index contributed by atoms with van der Waals surface area (Å²) in [4.78, 5) is 17.1. The van der Waals surface area contributed by atoms with E-state index in [0.717, 1.165) is 12.0 Å². The van der Waals surface area contributed by atoms with Crippen molar-refractivity contribution in [3.63, 3.8) is 0 Å². The van der Waals surface area contributed by atoms with E-state index in [4.69, 9.17) is 4.74 Å². The van der Waals surface area contributed by atoms with Crippen molar-refractivity contribution >= 4 is 12.2 Å². The zero-order chi connectivity index (χ0) is 20.5. The average molecular weight is 380 g/mol. The molecule has 0 aliphatic rings. The van der Waals surface area contributed by atoms with E-state index in [1.807, 2.05) is 50.4 Å². The fourth-order valence-electron chi connectivity index (χ4n) is 3.06. The molecule has 0 spiro atoms. The predicted molar refractivity (Wildman–Crippen MR) is 117 cm³/mol. The van der Waals surface area contributed by atoms with Gasteiger partial charge in [-0.2, -0.15) is 0 Å². The third kappa shape index (κ3) is 7.30. The van der Waals surface area contributed by atoms with E-state index in [0.29, 0.717) is 12.3 Å². The molecule has 3 heteroatoms. The van der Waals surface area contributed by atoms with E-state index < -0.39 is 6.04 Å². The van der Waals surface area contributed by atoms with E-state index in [9.17, 15) is 4.79 Å². The lowest BCUT2D eigenvalue weighted by molar-refractivity contribution is -0.148. The Morgan fingerprint density at radius 1 is 0.893 bits per heavy atom. The summed E-state index contributed by atoms with van der Waals surface area (Å²) in [5, 5.41) is 0. The summed E-state index contributed by atoms with van der Waals surface area (Å²) in [6.45, 7) is 10.3. The SMILES string of the molecule is CC(C=NC(Cc1ccccc1)C(=O)OC(C)C)Cc1ccc(C(C)C)cc1. The van der Waals surface area contributed by atoms with Crippen molar-refractivity contribution in [2.75, 3.05) is 0 Å². The van der Waals surface area contributed by atoms with E-state index in [2.05, 4.69) is 50.0 Å². The topological polar surface area (TPSA) is 38.7 Å². The number of aliphatic imine (C=N–C) groups is 1. The van der Waals surface area contributed by atoms with Gasteiger partial charge in [0.1, 0.15) is 0 Å². The first-order chi connectivity index (χ1) is 13.3. The number of rotatable bonds is 9. The van der Waals surface area contributed by atoms with E-state index in [1.54, 1.807) is 0 Å². The van der Waals surface area contributed by atoms with Gasteiger partial charge in [-0.25, -0.2) is 4.79 Å². The fourth-order valence-corrected chi connectivity index (χ4v) is 3.06. The zero-order valence-electron chi connectivity index (χ0n) is 17.8. The fraction of sp³-hybridized carbons (Fsp3) is 0.440. The second-order valence-electron chi connectivity index (χ2n) is 8.07. The van der Waals surface area contributed by atoms with Crippen LogP contribution in [0.25, 0.3) is 0 Å². The lowest BCUT2D eigenvalue weighted by Crippen LogP contribution is -2.27. The van der Waals surface area contributed by atoms with Crippen LogP contribution in [-0.4, -0.2) is 24.3 Å². The molecule has 2 aromatic carbocycles. The highest BCUT2D eigenvalue weighted by Gasteiger charge is 2.20. The lowest BCUT2D eigenvalue weighted by atomic mass is 9.97. The Bertz CT molecular complexity index is 748. The first-order valence-electron chi connectivity index (χ1n) is 10.2. The molecule has 0 heterocycles. The van der Waals surface area contributed by atoms with Crippen molar-refractivity contribution in [2.45, 2.75) is 65.5 Å². The molecule has 2 aromatic rings. The first-order valence-corrected chi connectivity index (χ1v) is 10.2. The summed E-state index contributed by atoms with van der Waals surface area (Å²) >= 11 is 0. The summed E-state index contributed by atoms with van der Waals surface area (Å²) in [6.07, 6.45) is 3.22. The van der Waals surface area contributed by atoms with Gasteiger partial charge in [0.2, 0.25) is 0 Å². The number of carbonyl (C=O) groups excluding carboxylic acids is 1. The minimum atomic E-state index is -0.504. The molecule has 3 nitrogen and oxygen atoms in total. The maximum atomic E-state index is 12.5. The van der Waals surface area contributed by atoms with Crippen LogP contribution in [0.2, 0.25) is 0 Å². The molecule has 0 fully saturated rings. The van der Waals surface area contributed by atoms with Crippen molar-refractivity contribution in [3.8, 4) is 0 Å². The van der Waals surface area contributed by atoms with Crippen LogP contribution < -0.4 is 0 Å². The highest BCUT2D eigenvalue weighted by molar-refractivity contribution is 5.79. The smallest absolute Gasteiger partial charge is 0.331 e. The highest BCUT2D eigenvalue weighted by atomic mass is 16.5. The summed E-state index contributed by atoms with van der Waals surface area (Å²) in [5.74, 6) is 0.525. The molecule has 0 bridgehead atoms. The minimum absolute atomic E-state index is 0.141. The Labute approximate surface area is 169 Å². The Balaban J connectivity index is 2.04. The summed E-state index contributed by atoms with van der Waals surface area (Å²) in [5.41, 5.74) is 3.72. The number of ether oxygens (including phenoxy) is 1. The highest BCUT2D eigenvalue weighted by Crippen LogP contribution is 2.16. The Hall–Kier alpha value is -2.42. The van der Waals surface area contributed by atoms with Gasteiger partial charge >= 0.3 is 5.97 Å². The molecule has 0 aliphatic heterocycles. The van der Waals surface area contributed by atoms with Crippen LogP contribution in [-0.2, 0) is 22.4 Å². The normalized spacial score (nSPS) is 13.8. The van der Waals surface area contributed by atoms with Gasteiger partial charge in [0.15, 0.2) is 6.04 Å². The minimum Gasteiger partial charge on any atom is -0.461 e. The third-order valence-electron chi connectivity index (χ3n) is 4.62. The molecule has 0 aliphatic carbocycles. The zero-order valence-corrected chi connectivity index (χ0v) is 17.8. The van der Waals surface area contributed by atoms with Crippen molar-refractivity contribution in [3.05, 3.63) is 71.3 Å². The summed E-state index contributed by atoms with van der Waals surface area (Å²) in [6, 6.07) is 18.2. The van der Waals surface area contributed by atoms with Gasteiger partial charge in [-0.1, -0.05) is 75.4 Å². The molecule has 150 valence electrons. The number of esters is 1. The predicted octanol–water partition coefficient (Wildman–Crippen LogP) is 5.62. The molecule has 0 aromatic heterocycles. The molecular weight excluding hydrogens is 346 g/mol. The summed E-state index contributed by atoms with van der Waals surface area (Å²) < 4.78 is 5.42. The van der Waals surface area contributed by atoms with Gasteiger partial charge in [-0.05, 0) is 48.8 Å². The Kier molecular flexibility index (Phi) is 8.43. The molecule has 0 amide bonds. The standard InChI is InChI=1S/C25H33NO2/c1-18(2)23-13-11-22(12-14-23)15-20(5)17-26-24(25(27)28-19(3)4)16-21-9-7-6-8-10-21/h6-14,17-20,24H,15-16H2,1-5H3. The Morgan fingerprint density at radius 3 is 2.07 bits per heavy atom. The number of nitrogens with zero attached hydrogens (tertiary/aromatic N) is 1. The maximum Gasteiger partial charge on any atom is 0.331 e. The van der Waals surface area contributed by atoms with Gasteiger partial charge in [-0.15, -0.1) is 0 Å². The van der Waals surface area contributed by atoms with Crippen LogP contribution in [0.4, 0.5) is 0 Å². The maximum absolute atomic E-state index is 12.5. The molecule has 28 heavy (non-hydrogen) atoms. The quantitative estimate of drug-likeness (QED) is 0.419. The molecule has 0 saturated carbocycles. The van der Waals surface area contributed by atoms with E-state index >= 15 is 0 Å². The van der Waals surface area contributed by atoms with E-state index in [-0.39, 0.29) is 18.0 Å². The molecule has 2 rings (SSSR count). The number of benzene rings is 2. The second-order valence-corrected chi connectivity index (χ2v) is 8.07. The van der Waals surface area contributed by atoms with Crippen LogP contribution in [0.15, 0.2) is 59.6 Å². The molecule has 2 unspecified atom stereocenters. The monoisotopic (exact) mass is 379 g/mol. The van der Waals surface area contributed by atoms with Crippen molar-refractivity contribution in [1.29, 1.82) is 0 Å². The van der Waals surface area contributed by atoms with Crippen molar-refractivity contribution in [1.82, 2.24) is 0 Å². The van der Waals surface area contributed by atoms with Gasteiger partial charge < -0.3 is 4.74 Å². The van der Waals surface area contributed by atoms with Crippen molar-refractivity contribution in [2.24, 2.45) is 10.9 Å². The van der Waals surface area contributed by atoms with Gasteiger partial charge in [-0.3, -0.25) is 4.99 Å². The number of hydrogen-bond acceptors (Lipinski definition) is 3. The third-order valence-corrected chi connectivity index (χ3v) is 4.62. The van der Waals surface area contributed by atoms with Gasteiger partial charge in [0.05, 0.1) is 6.10 Å². The molecule has 0 radical (unpaired) electrons. The lowest BCUT2D eigenvalue weighted by Gasteiger charge is -2.15. The van der Waals surface area contributed by atoms with E-state index in [1.165, 1.54) is 11.1 Å². The molecule has 0 N–H and O–H groups in total. The van der Waals surface area contributed by atoms with Crippen LogP contribution in [0, 0.1) is 5.92 Å². The van der Waals surface area contributed by atoms with Gasteiger partial charge in [0.25, 0.3) is 0 Å². The number of hydrogen-bond donors (Lipinski definition) is 0. The number of carbonyl (C=O) groups is 1. The van der Waals surface area contributed by atoms with Gasteiger partial charge in [0, 0.05) is 12.6 Å². The molecular formula is C25H33NO2. The van der Waals surface area contributed by atoms with Crippen molar-refractivity contribution < 1.29 is 9.53 Å².